The van der Waals surface area contributed by atoms with Gasteiger partial charge in [0.1, 0.15) is 6.61 Å². The van der Waals surface area contributed by atoms with Crippen molar-refractivity contribution in [3.8, 4) is 11.5 Å². The van der Waals surface area contributed by atoms with E-state index in [4.69, 9.17) is 9.47 Å². The summed E-state index contributed by atoms with van der Waals surface area (Å²) >= 11 is 0. The quantitative estimate of drug-likeness (QED) is 0.700. The molecule has 0 saturated carbocycles. The van der Waals surface area contributed by atoms with Crippen molar-refractivity contribution in [3.63, 3.8) is 0 Å². The molecule has 1 N–H and O–H groups in total. The molecule has 0 bridgehead atoms. The van der Waals surface area contributed by atoms with Gasteiger partial charge in [0.15, 0.2) is 11.5 Å². The van der Waals surface area contributed by atoms with E-state index in [0.717, 1.165) is 6.42 Å². The van der Waals surface area contributed by atoms with Gasteiger partial charge >= 0.3 is 0 Å². The Balaban J connectivity index is 1.15. The molecule has 2 aromatic carbocycles. The maximum absolute atomic E-state index is 12.8. The minimum absolute atomic E-state index is 0.0224. The second-order valence-corrected chi connectivity index (χ2v) is 8.96. The summed E-state index contributed by atoms with van der Waals surface area (Å²) in [5, 5.41) is 3.01. The Morgan fingerprint density at radius 1 is 1.00 bits per heavy atom. The molecule has 7 heteroatoms. The number of para-hydroxylation sites is 2. The zero-order valence-corrected chi connectivity index (χ0v) is 19.5. The molecule has 176 valence electrons. The van der Waals surface area contributed by atoms with Crippen molar-refractivity contribution in [2.24, 2.45) is 0 Å². The second-order valence-electron chi connectivity index (χ2n) is 8.96. The zero-order chi connectivity index (χ0) is 23.2. The van der Waals surface area contributed by atoms with Crippen LogP contribution in [-0.2, 0) is 16.0 Å². The largest absolute Gasteiger partial charge is 0.485 e. The molecule has 1 saturated heterocycles. The third kappa shape index (κ3) is 6.05. The molecule has 33 heavy (non-hydrogen) atoms. The molecule has 1 fully saturated rings. The van der Waals surface area contributed by atoms with E-state index in [9.17, 15) is 9.59 Å². The number of benzene rings is 2. The molecule has 4 rings (SSSR count). The van der Waals surface area contributed by atoms with Gasteiger partial charge in [0.2, 0.25) is 12.0 Å². The Kier molecular flexibility index (Phi) is 7.50. The number of carbonyl (C=O) groups is 2. The van der Waals surface area contributed by atoms with Gasteiger partial charge in [0.25, 0.3) is 5.91 Å². The number of carbonyl (C=O) groups excluding carboxylic acids is 2. The van der Waals surface area contributed by atoms with Crippen LogP contribution in [0.3, 0.4) is 0 Å². The lowest BCUT2D eigenvalue weighted by Gasteiger charge is -2.36. The van der Waals surface area contributed by atoms with E-state index >= 15 is 0 Å². The average Bonchev–Trinajstić information content (AvgIpc) is 2.84. The van der Waals surface area contributed by atoms with Crippen LogP contribution >= 0.6 is 0 Å². The maximum Gasteiger partial charge on any atom is 0.267 e. The van der Waals surface area contributed by atoms with Crippen molar-refractivity contribution in [1.29, 1.82) is 0 Å². The van der Waals surface area contributed by atoms with Gasteiger partial charge in [-0.05, 0) is 35.6 Å². The SMILES string of the molecule is CC(C)c1ccc(CCNC(=O)CN2CCN(C(=O)[C@@H]3COc4ccccc4O3)CC2)cc1. The van der Waals surface area contributed by atoms with Gasteiger partial charge in [0.05, 0.1) is 6.54 Å². The fraction of sp³-hybridized carbons (Fsp3) is 0.462. The summed E-state index contributed by atoms with van der Waals surface area (Å²) < 4.78 is 11.5. The second kappa shape index (κ2) is 10.7. The number of ether oxygens (including phenoxy) is 2. The van der Waals surface area contributed by atoms with Crippen molar-refractivity contribution >= 4 is 11.8 Å². The van der Waals surface area contributed by atoms with E-state index in [-0.39, 0.29) is 18.4 Å². The molecule has 7 nitrogen and oxygen atoms in total. The summed E-state index contributed by atoms with van der Waals surface area (Å²) in [5.41, 5.74) is 2.55. The predicted octanol–water partition coefficient (Wildman–Crippen LogP) is 2.45. The monoisotopic (exact) mass is 451 g/mol. The predicted molar refractivity (Wildman–Crippen MR) is 127 cm³/mol. The number of amides is 2. The normalized spacial score (nSPS) is 18.3. The number of hydrogen-bond donors (Lipinski definition) is 1. The number of rotatable bonds is 7. The minimum atomic E-state index is -0.621. The van der Waals surface area contributed by atoms with Gasteiger partial charge in [-0.15, -0.1) is 0 Å². The Labute approximate surface area is 195 Å². The van der Waals surface area contributed by atoms with Gasteiger partial charge < -0.3 is 19.7 Å². The van der Waals surface area contributed by atoms with Gasteiger partial charge in [-0.25, -0.2) is 0 Å². The highest BCUT2D eigenvalue weighted by atomic mass is 16.6. The van der Waals surface area contributed by atoms with Gasteiger partial charge in [-0.3, -0.25) is 14.5 Å². The highest BCUT2D eigenvalue weighted by molar-refractivity contribution is 5.82. The summed E-state index contributed by atoms with van der Waals surface area (Å²) in [7, 11) is 0. The molecule has 2 aliphatic rings. The third-order valence-electron chi connectivity index (χ3n) is 6.22. The smallest absolute Gasteiger partial charge is 0.267 e. The van der Waals surface area contributed by atoms with Crippen LogP contribution in [0.5, 0.6) is 11.5 Å². The third-order valence-corrected chi connectivity index (χ3v) is 6.22. The van der Waals surface area contributed by atoms with Crippen LogP contribution in [0.25, 0.3) is 0 Å². The first-order valence-corrected chi connectivity index (χ1v) is 11.7. The van der Waals surface area contributed by atoms with Gasteiger partial charge in [-0.1, -0.05) is 50.2 Å². The molecule has 0 unspecified atom stereocenters. The van der Waals surface area contributed by atoms with Crippen LogP contribution in [-0.4, -0.2) is 73.6 Å². The van der Waals surface area contributed by atoms with Crippen LogP contribution in [0.15, 0.2) is 48.5 Å². The highest BCUT2D eigenvalue weighted by Crippen LogP contribution is 2.31. The zero-order valence-electron chi connectivity index (χ0n) is 19.5. The summed E-state index contributed by atoms with van der Waals surface area (Å²) in [6, 6.07) is 16.0. The Bertz CT molecular complexity index is 952. The molecule has 0 radical (unpaired) electrons. The molecule has 2 aromatic rings. The molecule has 0 aromatic heterocycles. The Morgan fingerprint density at radius 3 is 2.39 bits per heavy atom. The molecular formula is C26H33N3O4. The van der Waals surface area contributed by atoms with Crippen molar-refractivity contribution in [2.45, 2.75) is 32.3 Å². The van der Waals surface area contributed by atoms with Gasteiger partial charge in [0, 0.05) is 32.7 Å². The first-order chi connectivity index (χ1) is 16.0. The van der Waals surface area contributed by atoms with Crippen LogP contribution < -0.4 is 14.8 Å². The molecule has 2 heterocycles. The Hall–Kier alpha value is -3.06. The first kappa shape index (κ1) is 23.1. The lowest BCUT2D eigenvalue weighted by molar-refractivity contribution is -0.143. The fourth-order valence-corrected chi connectivity index (χ4v) is 4.15. The van der Waals surface area contributed by atoms with Crippen molar-refractivity contribution in [1.82, 2.24) is 15.1 Å². The maximum atomic E-state index is 12.8. The first-order valence-electron chi connectivity index (χ1n) is 11.7. The van der Waals surface area contributed by atoms with Crippen LogP contribution in [0, 0.1) is 0 Å². The minimum Gasteiger partial charge on any atom is -0.485 e. The topological polar surface area (TPSA) is 71.1 Å². The van der Waals surface area contributed by atoms with E-state index in [0.29, 0.717) is 56.7 Å². The van der Waals surface area contributed by atoms with E-state index < -0.39 is 6.10 Å². The lowest BCUT2D eigenvalue weighted by Crippen LogP contribution is -2.55. The highest BCUT2D eigenvalue weighted by Gasteiger charge is 2.32. The summed E-state index contributed by atoms with van der Waals surface area (Å²) in [6.45, 7) is 8.05. The average molecular weight is 452 g/mol. The van der Waals surface area contributed by atoms with Crippen LogP contribution in [0.2, 0.25) is 0 Å². The lowest BCUT2D eigenvalue weighted by atomic mass is 10.0. The number of hydrogen-bond acceptors (Lipinski definition) is 5. The number of fused-ring (bicyclic) bond motifs is 1. The van der Waals surface area contributed by atoms with Crippen molar-refractivity contribution < 1.29 is 19.1 Å². The fourth-order valence-electron chi connectivity index (χ4n) is 4.15. The van der Waals surface area contributed by atoms with E-state index in [1.165, 1.54) is 11.1 Å². The van der Waals surface area contributed by atoms with Crippen molar-refractivity contribution in [2.75, 3.05) is 45.9 Å². The van der Waals surface area contributed by atoms with E-state index in [2.05, 4.69) is 48.3 Å². The molecule has 2 amide bonds. The van der Waals surface area contributed by atoms with E-state index in [1.807, 2.05) is 24.3 Å². The van der Waals surface area contributed by atoms with Crippen LogP contribution in [0.1, 0.15) is 30.9 Å². The molecule has 0 spiro atoms. The molecule has 0 aliphatic carbocycles. The van der Waals surface area contributed by atoms with Crippen molar-refractivity contribution in [3.05, 3.63) is 59.7 Å². The molecular weight excluding hydrogens is 418 g/mol. The summed E-state index contributed by atoms with van der Waals surface area (Å²) in [4.78, 5) is 29.1. The number of piperazine rings is 1. The Morgan fingerprint density at radius 2 is 1.70 bits per heavy atom. The van der Waals surface area contributed by atoms with Gasteiger partial charge in [-0.2, -0.15) is 0 Å². The molecule has 2 aliphatic heterocycles. The molecule has 1 atom stereocenters. The number of nitrogens with zero attached hydrogens (tertiary/aromatic N) is 2. The number of nitrogens with one attached hydrogen (secondary N) is 1. The van der Waals surface area contributed by atoms with Crippen LogP contribution in [0.4, 0.5) is 0 Å². The standard InChI is InChI=1S/C26H33N3O4/c1-19(2)21-9-7-20(8-10-21)11-12-27-25(30)17-28-13-15-29(16-14-28)26(31)24-18-32-22-5-3-4-6-23(22)33-24/h3-10,19,24H,11-18H2,1-2H3,(H,27,30)/t24-/m0/s1. The van der Waals surface area contributed by atoms with E-state index in [1.54, 1.807) is 4.90 Å². The summed E-state index contributed by atoms with van der Waals surface area (Å²) in [6.07, 6.45) is 0.197. The summed E-state index contributed by atoms with van der Waals surface area (Å²) in [5.74, 6) is 1.76.